The van der Waals surface area contributed by atoms with E-state index in [1.54, 1.807) is 0 Å². The first-order valence-electron chi connectivity index (χ1n) is 4.47. The molecule has 0 N–H and O–H groups in total. The van der Waals surface area contributed by atoms with Gasteiger partial charge in [-0.2, -0.15) is 0 Å². The minimum Gasteiger partial charge on any atom is -0.372 e. The fourth-order valence-corrected chi connectivity index (χ4v) is 1.55. The van der Waals surface area contributed by atoms with Crippen LogP contribution in [0, 0.1) is 0 Å². The Labute approximate surface area is 73.4 Å². The molecule has 0 saturated carbocycles. The highest BCUT2D eigenvalue weighted by molar-refractivity contribution is 5.34. The normalized spacial score (nSPS) is 15.2. The van der Waals surface area contributed by atoms with Crippen molar-refractivity contribution in [1.82, 2.24) is 0 Å². The summed E-state index contributed by atoms with van der Waals surface area (Å²) >= 11 is 0. The first-order chi connectivity index (χ1) is 5.77. The highest BCUT2D eigenvalue weighted by atomic mass is 16.5. The fourth-order valence-electron chi connectivity index (χ4n) is 1.55. The predicted octanol–water partition coefficient (Wildman–Crippen LogP) is 2.84. The van der Waals surface area contributed by atoms with Crippen molar-refractivity contribution in [3.63, 3.8) is 0 Å². The van der Waals surface area contributed by atoms with Gasteiger partial charge in [0.05, 0.1) is 13.2 Å². The zero-order valence-corrected chi connectivity index (χ0v) is 7.63. The zero-order chi connectivity index (χ0) is 8.55. The van der Waals surface area contributed by atoms with Gasteiger partial charge in [0.1, 0.15) is 0 Å². The van der Waals surface area contributed by atoms with Crippen molar-refractivity contribution in [2.24, 2.45) is 0 Å². The van der Waals surface area contributed by atoms with Gasteiger partial charge in [0.25, 0.3) is 0 Å². The van der Waals surface area contributed by atoms with Gasteiger partial charge >= 0.3 is 0 Å². The molecule has 0 spiro atoms. The van der Waals surface area contributed by atoms with E-state index in [9.17, 15) is 0 Å². The molecule has 64 valence electrons. The second kappa shape index (κ2) is 2.91. The molecule has 1 aliphatic heterocycles. The Kier molecular flexibility index (Phi) is 1.89. The second-order valence-corrected chi connectivity index (χ2v) is 3.68. The van der Waals surface area contributed by atoms with Crippen LogP contribution in [0.3, 0.4) is 0 Å². The van der Waals surface area contributed by atoms with Crippen LogP contribution in [-0.4, -0.2) is 0 Å². The first kappa shape index (κ1) is 7.81. The van der Waals surface area contributed by atoms with E-state index in [1.165, 1.54) is 16.7 Å². The zero-order valence-electron chi connectivity index (χ0n) is 7.63. The molecule has 0 unspecified atom stereocenters. The van der Waals surface area contributed by atoms with Crippen LogP contribution in [0.25, 0.3) is 0 Å². The van der Waals surface area contributed by atoms with Gasteiger partial charge < -0.3 is 4.74 Å². The Hall–Kier alpha value is -0.820. The molecule has 0 fully saturated rings. The SMILES string of the molecule is CC(C)c1ccc2c(c1)COC2. The molecular formula is C11H14O. The van der Waals surface area contributed by atoms with Crippen molar-refractivity contribution in [2.75, 3.05) is 0 Å². The van der Waals surface area contributed by atoms with Crippen LogP contribution in [-0.2, 0) is 18.0 Å². The van der Waals surface area contributed by atoms with Crippen LogP contribution in [0.1, 0.15) is 36.5 Å². The molecule has 0 bridgehead atoms. The van der Waals surface area contributed by atoms with E-state index in [-0.39, 0.29) is 0 Å². The van der Waals surface area contributed by atoms with Crippen LogP contribution in [0.4, 0.5) is 0 Å². The third-order valence-electron chi connectivity index (χ3n) is 2.41. The maximum absolute atomic E-state index is 5.35. The molecule has 1 nitrogen and oxygen atoms in total. The van der Waals surface area contributed by atoms with Gasteiger partial charge in [-0.3, -0.25) is 0 Å². The summed E-state index contributed by atoms with van der Waals surface area (Å²) in [6.07, 6.45) is 0. The Morgan fingerprint density at radius 1 is 1.17 bits per heavy atom. The molecule has 0 amide bonds. The monoisotopic (exact) mass is 162 g/mol. The van der Waals surface area contributed by atoms with Crippen molar-refractivity contribution in [3.05, 3.63) is 34.9 Å². The fraction of sp³-hybridized carbons (Fsp3) is 0.455. The van der Waals surface area contributed by atoms with E-state index in [1.807, 2.05) is 0 Å². The second-order valence-electron chi connectivity index (χ2n) is 3.68. The summed E-state index contributed by atoms with van der Waals surface area (Å²) in [4.78, 5) is 0. The van der Waals surface area contributed by atoms with Crippen molar-refractivity contribution in [2.45, 2.75) is 33.0 Å². The molecule has 12 heavy (non-hydrogen) atoms. The highest BCUT2D eigenvalue weighted by Crippen LogP contribution is 2.24. The maximum Gasteiger partial charge on any atom is 0.0725 e. The average Bonchev–Trinajstić information content (AvgIpc) is 2.49. The summed E-state index contributed by atoms with van der Waals surface area (Å²) in [5.41, 5.74) is 4.15. The molecular weight excluding hydrogens is 148 g/mol. The van der Waals surface area contributed by atoms with Gasteiger partial charge in [-0.1, -0.05) is 32.0 Å². The standard InChI is InChI=1S/C11H14O/c1-8(2)9-3-4-10-6-12-7-11(10)5-9/h3-5,8H,6-7H2,1-2H3. The van der Waals surface area contributed by atoms with E-state index in [4.69, 9.17) is 4.74 Å². The van der Waals surface area contributed by atoms with Crippen LogP contribution in [0.2, 0.25) is 0 Å². The maximum atomic E-state index is 5.35. The van der Waals surface area contributed by atoms with Crippen LogP contribution in [0.15, 0.2) is 18.2 Å². The molecule has 0 radical (unpaired) electrons. The Balaban J connectivity index is 2.39. The predicted molar refractivity (Wildman–Crippen MR) is 49.0 cm³/mol. The molecule has 0 aromatic heterocycles. The highest BCUT2D eigenvalue weighted by Gasteiger charge is 2.11. The lowest BCUT2D eigenvalue weighted by Gasteiger charge is -2.06. The Morgan fingerprint density at radius 3 is 2.67 bits per heavy atom. The average molecular weight is 162 g/mol. The minimum absolute atomic E-state index is 0.621. The number of fused-ring (bicyclic) bond motifs is 1. The number of benzene rings is 1. The molecule has 0 atom stereocenters. The summed E-state index contributed by atoms with van der Waals surface area (Å²) < 4.78 is 5.35. The van der Waals surface area contributed by atoms with Crippen molar-refractivity contribution in [3.8, 4) is 0 Å². The van der Waals surface area contributed by atoms with E-state index >= 15 is 0 Å². The first-order valence-corrected chi connectivity index (χ1v) is 4.47. The quantitative estimate of drug-likeness (QED) is 0.617. The number of rotatable bonds is 1. The lowest BCUT2D eigenvalue weighted by molar-refractivity contribution is 0.134. The number of ether oxygens (including phenoxy) is 1. The molecule has 0 saturated heterocycles. The molecule has 1 aliphatic rings. The van der Waals surface area contributed by atoms with Gasteiger partial charge in [0.2, 0.25) is 0 Å². The topological polar surface area (TPSA) is 9.23 Å². The summed E-state index contributed by atoms with van der Waals surface area (Å²) in [6, 6.07) is 6.67. The number of hydrogen-bond acceptors (Lipinski definition) is 1. The van der Waals surface area contributed by atoms with Crippen molar-refractivity contribution < 1.29 is 4.74 Å². The number of hydrogen-bond donors (Lipinski definition) is 0. The molecule has 0 aliphatic carbocycles. The van der Waals surface area contributed by atoms with Gasteiger partial charge in [0, 0.05) is 0 Å². The lowest BCUT2D eigenvalue weighted by Crippen LogP contribution is -1.90. The Morgan fingerprint density at radius 2 is 1.92 bits per heavy atom. The molecule has 2 rings (SSSR count). The van der Waals surface area contributed by atoms with Gasteiger partial charge in [-0.15, -0.1) is 0 Å². The summed E-state index contributed by atoms with van der Waals surface area (Å²) in [6.45, 7) is 6.04. The summed E-state index contributed by atoms with van der Waals surface area (Å²) in [7, 11) is 0. The smallest absolute Gasteiger partial charge is 0.0725 e. The molecule has 1 aromatic rings. The van der Waals surface area contributed by atoms with E-state index < -0.39 is 0 Å². The third kappa shape index (κ3) is 1.25. The third-order valence-corrected chi connectivity index (χ3v) is 2.41. The summed E-state index contributed by atoms with van der Waals surface area (Å²) in [5, 5.41) is 0. The van der Waals surface area contributed by atoms with Crippen molar-refractivity contribution >= 4 is 0 Å². The van der Waals surface area contributed by atoms with Crippen LogP contribution >= 0.6 is 0 Å². The Bertz CT molecular complexity index is 289. The van der Waals surface area contributed by atoms with E-state index in [0.717, 1.165) is 13.2 Å². The van der Waals surface area contributed by atoms with Gasteiger partial charge in [-0.25, -0.2) is 0 Å². The summed E-state index contributed by atoms with van der Waals surface area (Å²) in [5.74, 6) is 0.621. The van der Waals surface area contributed by atoms with E-state index in [2.05, 4.69) is 32.0 Å². The van der Waals surface area contributed by atoms with Gasteiger partial charge in [-0.05, 0) is 22.6 Å². The van der Waals surface area contributed by atoms with Crippen LogP contribution < -0.4 is 0 Å². The van der Waals surface area contributed by atoms with Crippen molar-refractivity contribution in [1.29, 1.82) is 0 Å². The van der Waals surface area contributed by atoms with Crippen LogP contribution in [0.5, 0.6) is 0 Å². The molecule has 1 heteroatoms. The molecule has 1 aromatic carbocycles. The minimum atomic E-state index is 0.621. The largest absolute Gasteiger partial charge is 0.372 e. The van der Waals surface area contributed by atoms with E-state index in [0.29, 0.717) is 5.92 Å². The van der Waals surface area contributed by atoms with Gasteiger partial charge in [0.15, 0.2) is 0 Å². The molecule has 1 heterocycles. The lowest BCUT2D eigenvalue weighted by atomic mass is 9.99.